The van der Waals surface area contributed by atoms with Gasteiger partial charge in [0.15, 0.2) is 0 Å². The molecule has 3 aromatic carbocycles. The van der Waals surface area contributed by atoms with E-state index >= 15 is 0 Å². The van der Waals surface area contributed by atoms with Gasteiger partial charge in [0.1, 0.15) is 5.75 Å². The van der Waals surface area contributed by atoms with Gasteiger partial charge in [-0.3, -0.25) is 19.7 Å². The summed E-state index contributed by atoms with van der Waals surface area (Å²) in [5.74, 6) is -0.272. The highest BCUT2D eigenvalue weighted by molar-refractivity contribution is 6.07. The van der Waals surface area contributed by atoms with Crippen LogP contribution in [0.3, 0.4) is 0 Å². The number of non-ortho nitro benzene ring substituents is 1. The van der Waals surface area contributed by atoms with Crippen LogP contribution in [0.5, 0.6) is 5.75 Å². The highest BCUT2D eigenvalue weighted by Crippen LogP contribution is 2.24. The lowest BCUT2D eigenvalue weighted by Crippen LogP contribution is -2.15. The van der Waals surface area contributed by atoms with E-state index in [1.807, 2.05) is 0 Å². The molecule has 0 aliphatic carbocycles. The number of carbonyl (C=O) groups is 2. The Balaban J connectivity index is 1.72. The van der Waals surface area contributed by atoms with E-state index < -0.39 is 10.8 Å². The second kappa shape index (κ2) is 8.66. The molecule has 0 radical (unpaired) electrons. The monoisotopic (exact) mass is 391 g/mol. The molecule has 0 saturated carbocycles. The standard InChI is InChI=1S/C21H17N3O5/c1-29-19-8-3-2-7-18(19)23-21(26)15-5-4-6-16(13-15)22-20(25)14-9-11-17(12-10-14)24(27)28/h2-13H,1H3,(H,22,25)(H,23,26). The number of ether oxygens (including phenoxy) is 1. The van der Waals surface area contributed by atoms with Crippen molar-refractivity contribution >= 4 is 28.9 Å². The summed E-state index contributed by atoms with van der Waals surface area (Å²) in [6.07, 6.45) is 0. The summed E-state index contributed by atoms with van der Waals surface area (Å²) in [6, 6.07) is 18.7. The second-order valence-corrected chi connectivity index (χ2v) is 5.99. The Hall–Kier alpha value is -4.20. The Kier molecular flexibility index (Phi) is 5.84. The molecule has 0 aliphatic heterocycles. The summed E-state index contributed by atoms with van der Waals surface area (Å²) in [5.41, 5.74) is 1.45. The molecule has 3 rings (SSSR count). The van der Waals surface area contributed by atoms with Crippen molar-refractivity contribution in [1.82, 2.24) is 0 Å². The van der Waals surface area contributed by atoms with Crippen LogP contribution in [0, 0.1) is 10.1 Å². The molecular formula is C21H17N3O5. The fraction of sp³-hybridized carbons (Fsp3) is 0.0476. The maximum Gasteiger partial charge on any atom is 0.269 e. The predicted octanol–water partition coefficient (Wildman–Crippen LogP) is 4.11. The Morgan fingerprint density at radius 2 is 1.55 bits per heavy atom. The first-order chi connectivity index (χ1) is 14.0. The van der Waals surface area contributed by atoms with Crippen molar-refractivity contribution in [2.45, 2.75) is 0 Å². The van der Waals surface area contributed by atoms with Crippen LogP contribution >= 0.6 is 0 Å². The van der Waals surface area contributed by atoms with Gasteiger partial charge in [0.05, 0.1) is 17.7 Å². The van der Waals surface area contributed by atoms with Crippen LogP contribution in [-0.2, 0) is 0 Å². The van der Waals surface area contributed by atoms with Crippen molar-refractivity contribution in [3.05, 3.63) is 94.0 Å². The van der Waals surface area contributed by atoms with Gasteiger partial charge in [0.25, 0.3) is 17.5 Å². The Labute approximate surface area is 166 Å². The minimum absolute atomic E-state index is 0.100. The molecule has 0 bridgehead atoms. The van der Waals surface area contributed by atoms with E-state index in [0.29, 0.717) is 22.7 Å². The molecule has 0 heterocycles. The van der Waals surface area contributed by atoms with Gasteiger partial charge in [-0.2, -0.15) is 0 Å². The maximum absolute atomic E-state index is 12.5. The molecule has 0 atom stereocenters. The summed E-state index contributed by atoms with van der Waals surface area (Å²) < 4.78 is 5.22. The van der Waals surface area contributed by atoms with Crippen LogP contribution in [-0.4, -0.2) is 23.8 Å². The number of nitrogens with one attached hydrogen (secondary N) is 2. The van der Waals surface area contributed by atoms with Gasteiger partial charge < -0.3 is 15.4 Å². The minimum atomic E-state index is -0.536. The topological polar surface area (TPSA) is 111 Å². The summed E-state index contributed by atoms with van der Waals surface area (Å²) in [7, 11) is 1.51. The number of nitro benzene ring substituents is 1. The summed E-state index contributed by atoms with van der Waals surface area (Å²) in [6.45, 7) is 0. The molecule has 0 aromatic heterocycles. The summed E-state index contributed by atoms with van der Waals surface area (Å²) in [4.78, 5) is 35.1. The summed E-state index contributed by atoms with van der Waals surface area (Å²) in [5, 5.41) is 16.1. The van der Waals surface area contributed by atoms with Gasteiger partial charge >= 0.3 is 0 Å². The van der Waals surface area contributed by atoms with E-state index in [1.54, 1.807) is 42.5 Å². The number of nitrogens with zero attached hydrogens (tertiary/aromatic N) is 1. The van der Waals surface area contributed by atoms with Gasteiger partial charge in [-0.15, -0.1) is 0 Å². The molecule has 3 aromatic rings. The number of para-hydroxylation sites is 2. The number of hydrogen-bond acceptors (Lipinski definition) is 5. The normalized spacial score (nSPS) is 10.1. The quantitative estimate of drug-likeness (QED) is 0.485. The SMILES string of the molecule is COc1ccccc1NC(=O)c1cccc(NC(=O)c2ccc([N+](=O)[O-])cc2)c1. The van der Waals surface area contributed by atoms with Gasteiger partial charge in [-0.05, 0) is 42.5 Å². The average molecular weight is 391 g/mol. The molecule has 0 spiro atoms. The van der Waals surface area contributed by atoms with Crippen LogP contribution in [0.25, 0.3) is 0 Å². The molecule has 146 valence electrons. The lowest BCUT2D eigenvalue weighted by Gasteiger charge is -2.11. The molecular weight excluding hydrogens is 374 g/mol. The first-order valence-corrected chi connectivity index (χ1v) is 8.58. The van der Waals surface area contributed by atoms with Crippen molar-refractivity contribution in [3.63, 3.8) is 0 Å². The Morgan fingerprint density at radius 3 is 2.24 bits per heavy atom. The van der Waals surface area contributed by atoms with E-state index in [0.717, 1.165) is 0 Å². The zero-order valence-electron chi connectivity index (χ0n) is 15.4. The molecule has 8 heteroatoms. The van der Waals surface area contributed by atoms with Crippen LogP contribution in [0.1, 0.15) is 20.7 Å². The average Bonchev–Trinajstić information content (AvgIpc) is 2.74. The zero-order chi connectivity index (χ0) is 20.8. The maximum atomic E-state index is 12.5. The van der Waals surface area contributed by atoms with Gasteiger partial charge in [-0.1, -0.05) is 18.2 Å². The van der Waals surface area contributed by atoms with Crippen molar-refractivity contribution in [2.24, 2.45) is 0 Å². The summed E-state index contributed by atoms with van der Waals surface area (Å²) >= 11 is 0. The minimum Gasteiger partial charge on any atom is -0.495 e. The predicted molar refractivity (Wildman–Crippen MR) is 108 cm³/mol. The first kappa shape index (κ1) is 19.6. The number of benzene rings is 3. The molecule has 29 heavy (non-hydrogen) atoms. The van der Waals surface area contributed by atoms with Gasteiger partial charge in [-0.25, -0.2) is 0 Å². The molecule has 0 saturated heterocycles. The molecule has 8 nitrogen and oxygen atoms in total. The first-order valence-electron chi connectivity index (χ1n) is 8.58. The number of anilines is 2. The number of carbonyl (C=O) groups excluding carboxylic acids is 2. The number of amides is 2. The molecule has 0 aliphatic rings. The number of rotatable bonds is 6. The van der Waals surface area contributed by atoms with Crippen molar-refractivity contribution in [1.29, 1.82) is 0 Å². The van der Waals surface area contributed by atoms with Crippen LogP contribution in [0.4, 0.5) is 17.1 Å². The lowest BCUT2D eigenvalue weighted by atomic mass is 10.1. The largest absolute Gasteiger partial charge is 0.495 e. The lowest BCUT2D eigenvalue weighted by molar-refractivity contribution is -0.384. The number of methoxy groups -OCH3 is 1. The van der Waals surface area contributed by atoms with Crippen molar-refractivity contribution < 1.29 is 19.2 Å². The van der Waals surface area contributed by atoms with E-state index in [2.05, 4.69) is 10.6 Å². The van der Waals surface area contributed by atoms with E-state index in [-0.39, 0.29) is 17.2 Å². The highest BCUT2D eigenvalue weighted by Gasteiger charge is 2.12. The van der Waals surface area contributed by atoms with Gasteiger partial charge in [0, 0.05) is 28.9 Å². The fourth-order valence-corrected chi connectivity index (χ4v) is 2.62. The third-order valence-corrected chi connectivity index (χ3v) is 4.08. The smallest absolute Gasteiger partial charge is 0.269 e. The van der Waals surface area contributed by atoms with E-state index in [9.17, 15) is 19.7 Å². The van der Waals surface area contributed by atoms with Crippen LogP contribution in [0.15, 0.2) is 72.8 Å². The third-order valence-electron chi connectivity index (χ3n) is 4.08. The molecule has 2 N–H and O–H groups in total. The van der Waals surface area contributed by atoms with E-state index in [4.69, 9.17) is 4.74 Å². The molecule has 2 amide bonds. The van der Waals surface area contributed by atoms with Crippen LogP contribution < -0.4 is 15.4 Å². The highest BCUT2D eigenvalue weighted by atomic mass is 16.6. The fourth-order valence-electron chi connectivity index (χ4n) is 2.62. The third kappa shape index (κ3) is 4.75. The number of nitro groups is 1. The zero-order valence-corrected chi connectivity index (χ0v) is 15.4. The van der Waals surface area contributed by atoms with Gasteiger partial charge in [0.2, 0.25) is 0 Å². The number of hydrogen-bond donors (Lipinski definition) is 2. The molecule has 0 fully saturated rings. The van der Waals surface area contributed by atoms with Crippen molar-refractivity contribution in [2.75, 3.05) is 17.7 Å². The van der Waals surface area contributed by atoms with Crippen LogP contribution in [0.2, 0.25) is 0 Å². The Bertz CT molecular complexity index is 1060. The molecule has 0 unspecified atom stereocenters. The second-order valence-electron chi connectivity index (χ2n) is 5.99. The van der Waals surface area contributed by atoms with E-state index in [1.165, 1.54) is 37.4 Å². The Morgan fingerprint density at radius 1 is 0.862 bits per heavy atom. The van der Waals surface area contributed by atoms with Crippen molar-refractivity contribution in [3.8, 4) is 5.75 Å².